The molecule has 1 aliphatic rings. The molecule has 0 aliphatic heterocycles. The zero-order valence-electron chi connectivity index (χ0n) is 14.9. The van der Waals surface area contributed by atoms with Gasteiger partial charge in [-0.25, -0.2) is 9.07 Å². The van der Waals surface area contributed by atoms with Crippen molar-refractivity contribution in [1.29, 1.82) is 0 Å². The predicted molar refractivity (Wildman–Crippen MR) is 94.1 cm³/mol. The number of aryl methyl sites for hydroxylation is 1. The fourth-order valence-corrected chi connectivity index (χ4v) is 3.31. The fraction of sp³-hybridized carbons (Fsp3) is 0.421. The summed E-state index contributed by atoms with van der Waals surface area (Å²) in [6, 6.07) is 4.54. The third-order valence-electron chi connectivity index (χ3n) is 4.64. The van der Waals surface area contributed by atoms with Crippen LogP contribution < -0.4 is 5.32 Å². The van der Waals surface area contributed by atoms with E-state index < -0.39 is 5.97 Å². The maximum absolute atomic E-state index is 14.3. The van der Waals surface area contributed by atoms with Crippen LogP contribution in [0.2, 0.25) is 0 Å². The van der Waals surface area contributed by atoms with Crippen molar-refractivity contribution in [2.75, 3.05) is 0 Å². The second kappa shape index (κ2) is 7.27. The van der Waals surface area contributed by atoms with Crippen LogP contribution in [0.15, 0.2) is 18.2 Å². The molecule has 0 saturated carbocycles. The topological polar surface area (TPSA) is 84.2 Å². The van der Waals surface area contributed by atoms with Crippen LogP contribution in [0.3, 0.4) is 0 Å². The predicted octanol–water partition coefficient (Wildman–Crippen LogP) is 2.79. The van der Waals surface area contributed by atoms with Crippen LogP contribution in [-0.2, 0) is 17.6 Å². The van der Waals surface area contributed by atoms with Gasteiger partial charge >= 0.3 is 5.97 Å². The molecule has 6 nitrogen and oxygen atoms in total. The molecule has 0 radical (unpaired) electrons. The van der Waals surface area contributed by atoms with E-state index in [-0.39, 0.29) is 24.2 Å². The highest BCUT2D eigenvalue weighted by atomic mass is 19.1. The number of nitrogens with zero attached hydrogens (tertiary/aromatic N) is 2. The van der Waals surface area contributed by atoms with Crippen LogP contribution >= 0.6 is 0 Å². The highest BCUT2D eigenvalue weighted by molar-refractivity contribution is 5.94. The zero-order chi connectivity index (χ0) is 18.8. The summed E-state index contributed by atoms with van der Waals surface area (Å²) in [6.07, 6.45) is 2.71. The molecule has 1 heterocycles. The number of hydrogen-bond acceptors (Lipinski definition) is 3. The summed E-state index contributed by atoms with van der Waals surface area (Å²) in [5, 5.41) is 16.0. The third-order valence-corrected chi connectivity index (χ3v) is 4.64. The van der Waals surface area contributed by atoms with Crippen LogP contribution in [0.5, 0.6) is 0 Å². The normalized spacial score (nSPS) is 14.1. The van der Waals surface area contributed by atoms with Crippen molar-refractivity contribution >= 4 is 11.9 Å². The Morgan fingerprint density at radius 1 is 1.38 bits per heavy atom. The minimum atomic E-state index is -0.897. The molecule has 1 aromatic heterocycles. The summed E-state index contributed by atoms with van der Waals surface area (Å²) in [5.41, 5.74) is 3.30. The lowest BCUT2D eigenvalue weighted by molar-refractivity contribution is -0.137. The van der Waals surface area contributed by atoms with Gasteiger partial charge in [0.15, 0.2) is 5.69 Å². The highest BCUT2D eigenvalue weighted by Crippen LogP contribution is 2.29. The monoisotopic (exact) mass is 359 g/mol. The van der Waals surface area contributed by atoms with Crippen LogP contribution in [0.1, 0.15) is 53.5 Å². The van der Waals surface area contributed by atoms with E-state index in [0.717, 1.165) is 36.1 Å². The molecule has 1 amide bonds. The van der Waals surface area contributed by atoms with E-state index in [1.165, 1.54) is 6.07 Å². The number of aromatic nitrogens is 2. The number of nitrogens with one attached hydrogen (secondary N) is 1. The summed E-state index contributed by atoms with van der Waals surface area (Å²) >= 11 is 0. The van der Waals surface area contributed by atoms with Gasteiger partial charge in [0.1, 0.15) is 11.5 Å². The second-order valence-corrected chi connectivity index (χ2v) is 6.80. The maximum atomic E-state index is 14.3. The summed E-state index contributed by atoms with van der Waals surface area (Å²) in [6.45, 7) is 3.64. The molecule has 0 fully saturated rings. The average Bonchev–Trinajstić information content (AvgIpc) is 3.17. The van der Waals surface area contributed by atoms with Crippen LogP contribution in [0.25, 0.3) is 5.69 Å². The van der Waals surface area contributed by atoms with Gasteiger partial charge in [-0.2, -0.15) is 5.10 Å². The minimum absolute atomic E-state index is 0.0114. The number of carbonyl (C=O) groups is 2. The van der Waals surface area contributed by atoms with Gasteiger partial charge in [0.05, 0.1) is 0 Å². The first-order valence-corrected chi connectivity index (χ1v) is 8.76. The number of rotatable bonds is 6. The van der Waals surface area contributed by atoms with Gasteiger partial charge in [-0.3, -0.25) is 9.59 Å². The van der Waals surface area contributed by atoms with Crippen LogP contribution in [0, 0.1) is 12.7 Å². The Morgan fingerprint density at radius 3 is 2.88 bits per heavy atom. The number of amides is 1. The standard InChI is InChI=1S/C19H22FN3O3/c1-11-6-8-14(20)16(10-11)23-15-5-3-4-13(15)18(22-23)19(26)21-12(2)7-9-17(24)25/h6,8,10,12H,3-5,7,9H2,1-2H3,(H,21,26)(H,24,25). The Bertz CT molecular complexity index is 860. The summed E-state index contributed by atoms with van der Waals surface area (Å²) in [4.78, 5) is 23.3. The molecule has 0 bridgehead atoms. The van der Waals surface area contributed by atoms with Gasteiger partial charge < -0.3 is 10.4 Å². The third kappa shape index (κ3) is 3.61. The quantitative estimate of drug-likeness (QED) is 0.831. The molecule has 1 atom stereocenters. The first-order valence-electron chi connectivity index (χ1n) is 8.76. The smallest absolute Gasteiger partial charge is 0.303 e. The Labute approximate surface area is 151 Å². The Kier molecular flexibility index (Phi) is 5.06. The molecule has 7 heteroatoms. The van der Waals surface area contributed by atoms with Gasteiger partial charge in [-0.1, -0.05) is 6.07 Å². The first kappa shape index (κ1) is 18.1. The van der Waals surface area contributed by atoms with Crippen molar-refractivity contribution in [3.8, 4) is 5.69 Å². The van der Waals surface area contributed by atoms with Crippen molar-refractivity contribution in [3.63, 3.8) is 0 Å². The van der Waals surface area contributed by atoms with E-state index in [1.54, 1.807) is 23.7 Å². The molecule has 1 aromatic carbocycles. The number of benzene rings is 1. The molecule has 2 N–H and O–H groups in total. The SMILES string of the molecule is Cc1ccc(F)c(-n2nc(C(=O)NC(C)CCC(=O)O)c3c2CCC3)c1. The number of hydrogen-bond donors (Lipinski definition) is 2. The number of aliphatic carboxylic acids is 1. The average molecular weight is 359 g/mol. The molecular weight excluding hydrogens is 337 g/mol. The van der Waals surface area contributed by atoms with E-state index in [2.05, 4.69) is 10.4 Å². The number of carboxylic acid groups (broad SMARTS) is 1. The number of fused-ring (bicyclic) bond motifs is 1. The van der Waals surface area contributed by atoms with E-state index in [0.29, 0.717) is 17.8 Å². The lowest BCUT2D eigenvalue weighted by Crippen LogP contribution is -2.33. The molecule has 3 rings (SSSR count). The maximum Gasteiger partial charge on any atom is 0.303 e. The summed E-state index contributed by atoms with van der Waals surface area (Å²) < 4.78 is 15.8. The van der Waals surface area contributed by atoms with E-state index in [4.69, 9.17) is 5.11 Å². The molecule has 1 unspecified atom stereocenters. The van der Waals surface area contributed by atoms with E-state index in [9.17, 15) is 14.0 Å². The highest BCUT2D eigenvalue weighted by Gasteiger charge is 2.28. The summed E-state index contributed by atoms with van der Waals surface area (Å²) in [7, 11) is 0. The fourth-order valence-electron chi connectivity index (χ4n) is 3.31. The van der Waals surface area contributed by atoms with Crippen LogP contribution in [0.4, 0.5) is 4.39 Å². The lowest BCUT2D eigenvalue weighted by atomic mass is 10.1. The van der Waals surface area contributed by atoms with Gasteiger partial charge in [0, 0.05) is 23.7 Å². The molecule has 1 aliphatic carbocycles. The lowest BCUT2D eigenvalue weighted by Gasteiger charge is -2.12. The first-order chi connectivity index (χ1) is 12.4. The van der Waals surface area contributed by atoms with Gasteiger partial charge in [0.25, 0.3) is 5.91 Å². The Balaban J connectivity index is 1.89. The Hall–Kier alpha value is -2.70. The van der Waals surface area contributed by atoms with Gasteiger partial charge in [0.2, 0.25) is 0 Å². The number of carboxylic acids is 1. The minimum Gasteiger partial charge on any atom is -0.481 e. The number of halogens is 1. The Morgan fingerprint density at radius 2 is 2.15 bits per heavy atom. The van der Waals surface area contributed by atoms with Gasteiger partial charge in [-0.15, -0.1) is 0 Å². The van der Waals surface area contributed by atoms with Crippen molar-refractivity contribution in [1.82, 2.24) is 15.1 Å². The van der Waals surface area contributed by atoms with Gasteiger partial charge in [-0.05, 0) is 57.2 Å². The molecule has 26 heavy (non-hydrogen) atoms. The van der Waals surface area contributed by atoms with Crippen molar-refractivity contribution in [2.45, 2.75) is 52.0 Å². The molecule has 138 valence electrons. The summed E-state index contributed by atoms with van der Waals surface area (Å²) in [5.74, 6) is -1.62. The van der Waals surface area contributed by atoms with Crippen LogP contribution in [-0.4, -0.2) is 32.8 Å². The van der Waals surface area contributed by atoms with Crippen molar-refractivity contribution < 1.29 is 19.1 Å². The largest absolute Gasteiger partial charge is 0.481 e. The van der Waals surface area contributed by atoms with Crippen molar-refractivity contribution in [3.05, 3.63) is 46.5 Å². The van der Waals surface area contributed by atoms with E-state index in [1.807, 2.05) is 6.92 Å². The van der Waals surface area contributed by atoms with Crippen molar-refractivity contribution in [2.24, 2.45) is 0 Å². The number of carbonyl (C=O) groups excluding carboxylic acids is 1. The molecular formula is C19H22FN3O3. The molecule has 0 spiro atoms. The van der Waals surface area contributed by atoms with E-state index >= 15 is 0 Å². The second-order valence-electron chi connectivity index (χ2n) is 6.80. The molecule has 0 saturated heterocycles. The zero-order valence-corrected chi connectivity index (χ0v) is 14.9. The molecule has 2 aromatic rings.